The van der Waals surface area contributed by atoms with Gasteiger partial charge in [-0.1, -0.05) is 84.0 Å². The lowest BCUT2D eigenvalue weighted by Crippen LogP contribution is -2.48. The fourth-order valence-electron chi connectivity index (χ4n) is 4.04. The lowest BCUT2D eigenvalue weighted by Gasteiger charge is -2.35. The highest BCUT2D eigenvalue weighted by atomic mass is 16.4. The number of aliphatic carboxylic acids is 2. The van der Waals surface area contributed by atoms with Crippen LogP contribution in [0.1, 0.15) is 124 Å². The Kier molecular flexibility index (Phi) is 23.8. The molecule has 32 heavy (non-hydrogen) atoms. The van der Waals surface area contributed by atoms with Gasteiger partial charge < -0.3 is 24.6 Å². The summed E-state index contributed by atoms with van der Waals surface area (Å²) in [6.45, 7) is 14.7. The van der Waals surface area contributed by atoms with Crippen LogP contribution >= 0.6 is 0 Å². The molecule has 0 radical (unpaired) electrons. The molecule has 0 rings (SSSR count). The number of rotatable bonds is 21. The molecule has 0 aromatic carbocycles. The third kappa shape index (κ3) is 20.7. The first-order valence-electron chi connectivity index (χ1n) is 13.2. The number of unbranched alkanes of at least 4 members (excludes halogenated alkanes) is 13. The second kappa shape index (κ2) is 23.0. The zero-order valence-corrected chi connectivity index (χ0v) is 21.6. The van der Waals surface area contributed by atoms with Gasteiger partial charge in [0.05, 0.1) is 38.6 Å². The molecule has 0 spiro atoms. The van der Waals surface area contributed by atoms with E-state index < -0.39 is 24.5 Å². The Balaban J connectivity index is 0. The SMILES string of the molecule is CCCCCCCCCCCCCCCC[N+](CC)(CC)CC.O=C(O)CC(O)C(=O)[O-]. The number of carbonyl (C=O) groups excluding carboxylic acids is 1. The Morgan fingerprint density at radius 3 is 1.28 bits per heavy atom. The van der Waals surface area contributed by atoms with Crippen molar-refractivity contribution < 1.29 is 29.4 Å². The van der Waals surface area contributed by atoms with Crippen molar-refractivity contribution in [2.75, 3.05) is 26.2 Å². The molecule has 192 valence electrons. The smallest absolute Gasteiger partial charge is 0.306 e. The maximum absolute atomic E-state index is 9.66. The van der Waals surface area contributed by atoms with Crippen molar-refractivity contribution in [3.63, 3.8) is 0 Å². The summed E-state index contributed by atoms with van der Waals surface area (Å²) in [6.07, 6.45) is 17.7. The molecule has 0 saturated heterocycles. The lowest BCUT2D eigenvalue weighted by atomic mass is 10.0. The van der Waals surface area contributed by atoms with Crippen molar-refractivity contribution in [2.24, 2.45) is 0 Å². The Labute approximate surface area is 198 Å². The molecule has 6 heteroatoms. The van der Waals surface area contributed by atoms with Crippen LogP contribution in [0.2, 0.25) is 0 Å². The summed E-state index contributed by atoms with van der Waals surface area (Å²) >= 11 is 0. The highest BCUT2D eigenvalue weighted by molar-refractivity contribution is 5.77. The summed E-state index contributed by atoms with van der Waals surface area (Å²) in [4.78, 5) is 19.3. The minimum Gasteiger partial charge on any atom is -0.547 e. The van der Waals surface area contributed by atoms with Crippen molar-refractivity contribution in [1.82, 2.24) is 0 Å². The summed E-state index contributed by atoms with van der Waals surface area (Å²) in [5.41, 5.74) is 0. The largest absolute Gasteiger partial charge is 0.547 e. The Morgan fingerprint density at radius 2 is 1.03 bits per heavy atom. The fraction of sp³-hybridized carbons (Fsp3) is 0.923. The monoisotopic (exact) mass is 459 g/mol. The van der Waals surface area contributed by atoms with Crippen LogP contribution in [0.5, 0.6) is 0 Å². The van der Waals surface area contributed by atoms with Crippen LogP contribution < -0.4 is 5.11 Å². The Morgan fingerprint density at radius 1 is 0.688 bits per heavy atom. The van der Waals surface area contributed by atoms with E-state index in [1.165, 1.54) is 121 Å². The van der Waals surface area contributed by atoms with E-state index in [0.29, 0.717) is 0 Å². The van der Waals surface area contributed by atoms with Gasteiger partial charge in [0, 0.05) is 0 Å². The number of carboxylic acids is 2. The van der Waals surface area contributed by atoms with Gasteiger partial charge >= 0.3 is 5.97 Å². The molecule has 0 bridgehead atoms. The zero-order valence-electron chi connectivity index (χ0n) is 21.6. The number of carbonyl (C=O) groups is 2. The Hall–Kier alpha value is -1.14. The molecule has 0 aromatic rings. The third-order valence-corrected chi connectivity index (χ3v) is 6.64. The fourth-order valence-corrected chi connectivity index (χ4v) is 4.04. The third-order valence-electron chi connectivity index (χ3n) is 6.64. The molecule has 1 unspecified atom stereocenters. The van der Waals surface area contributed by atoms with Gasteiger partial charge in [0.2, 0.25) is 0 Å². The number of hydrogen-bond acceptors (Lipinski definition) is 4. The number of aliphatic hydroxyl groups is 1. The van der Waals surface area contributed by atoms with Crippen molar-refractivity contribution in [2.45, 2.75) is 130 Å². The van der Waals surface area contributed by atoms with Crippen molar-refractivity contribution >= 4 is 11.9 Å². The average Bonchev–Trinajstić information content (AvgIpc) is 2.77. The number of aliphatic hydroxyl groups excluding tert-OH is 1. The van der Waals surface area contributed by atoms with Crippen LogP contribution in [0.15, 0.2) is 0 Å². The van der Waals surface area contributed by atoms with Crippen LogP contribution in [0.4, 0.5) is 0 Å². The first-order chi connectivity index (χ1) is 15.3. The Bertz CT molecular complexity index is 430. The first-order valence-corrected chi connectivity index (χ1v) is 13.2. The van der Waals surface area contributed by atoms with E-state index >= 15 is 0 Å². The molecular formula is C26H53NO5. The van der Waals surface area contributed by atoms with Gasteiger partial charge in [-0.15, -0.1) is 0 Å². The molecule has 0 fully saturated rings. The van der Waals surface area contributed by atoms with Crippen LogP contribution in [0.25, 0.3) is 0 Å². The molecule has 0 aliphatic carbocycles. The first kappa shape index (κ1) is 33.0. The molecule has 0 saturated carbocycles. The molecule has 0 aromatic heterocycles. The summed E-state index contributed by atoms with van der Waals surface area (Å²) in [7, 11) is 0. The van der Waals surface area contributed by atoms with E-state index in [1.807, 2.05) is 0 Å². The summed E-state index contributed by atoms with van der Waals surface area (Å²) in [5.74, 6) is -3.14. The van der Waals surface area contributed by atoms with E-state index in [2.05, 4.69) is 27.7 Å². The van der Waals surface area contributed by atoms with E-state index in [9.17, 15) is 14.7 Å². The highest BCUT2D eigenvalue weighted by Gasteiger charge is 2.19. The van der Waals surface area contributed by atoms with Crippen molar-refractivity contribution in [3.05, 3.63) is 0 Å². The van der Waals surface area contributed by atoms with E-state index in [4.69, 9.17) is 10.2 Å². The van der Waals surface area contributed by atoms with Gasteiger partial charge in [-0.25, -0.2) is 0 Å². The minimum atomic E-state index is -1.90. The summed E-state index contributed by atoms with van der Waals surface area (Å²) < 4.78 is 1.33. The number of nitrogens with zero attached hydrogens (tertiary/aromatic N) is 1. The van der Waals surface area contributed by atoms with Gasteiger partial charge in [0.15, 0.2) is 0 Å². The second-order valence-electron chi connectivity index (χ2n) is 9.04. The number of carboxylic acid groups (broad SMARTS) is 2. The summed E-state index contributed by atoms with van der Waals surface area (Å²) in [5, 5.41) is 25.7. The van der Waals surface area contributed by atoms with E-state index in [-0.39, 0.29) is 0 Å². The number of quaternary nitrogens is 1. The van der Waals surface area contributed by atoms with E-state index in [0.717, 1.165) is 0 Å². The molecule has 0 heterocycles. The topological polar surface area (TPSA) is 97.7 Å². The van der Waals surface area contributed by atoms with Crippen LogP contribution in [-0.4, -0.2) is 58.9 Å². The average molecular weight is 460 g/mol. The van der Waals surface area contributed by atoms with Crippen LogP contribution in [0.3, 0.4) is 0 Å². The van der Waals surface area contributed by atoms with Gasteiger partial charge in [-0.3, -0.25) is 4.79 Å². The predicted octanol–water partition coefficient (Wildman–Crippen LogP) is 4.92. The minimum absolute atomic E-state index is 0.817. The normalized spacial score (nSPS) is 12.2. The standard InChI is InChI=1S/C22H48N.C4H6O5/c1-5-9-10-11-12-13-14-15-16-17-18-19-20-21-22-23(6-2,7-3)8-4;5-2(4(8)9)1-3(6)7/h5-22H2,1-4H3;2,5H,1H2,(H,6,7)(H,8,9)/q+1;/p-1. The number of hydrogen-bond donors (Lipinski definition) is 2. The van der Waals surface area contributed by atoms with Gasteiger partial charge in [-0.05, 0) is 33.6 Å². The molecule has 6 nitrogen and oxygen atoms in total. The maximum atomic E-state index is 9.66. The second-order valence-corrected chi connectivity index (χ2v) is 9.04. The van der Waals surface area contributed by atoms with Crippen LogP contribution in [-0.2, 0) is 9.59 Å². The quantitative estimate of drug-likeness (QED) is 0.188. The van der Waals surface area contributed by atoms with Crippen molar-refractivity contribution in [1.29, 1.82) is 0 Å². The molecule has 0 amide bonds. The van der Waals surface area contributed by atoms with Gasteiger partial charge in [-0.2, -0.15) is 0 Å². The molecule has 0 aliphatic rings. The maximum Gasteiger partial charge on any atom is 0.306 e. The molecule has 2 N–H and O–H groups in total. The summed E-state index contributed by atoms with van der Waals surface area (Å²) in [6, 6.07) is 0. The predicted molar refractivity (Wildman–Crippen MR) is 130 cm³/mol. The zero-order chi connectivity index (χ0) is 24.7. The molecule has 0 aliphatic heterocycles. The molecular weight excluding hydrogens is 406 g/mol. The lowest BCUT2D eigenvalue weighted by molar-refractivity contribution is -0.923. The van der Waals surface area contributed by atoms with Crippen molar-refractivity contribution in [3.8, 4) is 0 Å². The van der Waals surface area contributed by atoms with Gasteiger partial charge in [0.25, 0.3) is 0 Å². The van der Waals surface area contributed by atoms with Gasteiger partial charge in [0.1, 0.15) is 6.10 Å². The van der Waals surface area contributed by atoms with Crippen LogP contribution in [0, 0.1) is 0 Å². The van der Waals surface area contributed by atoms with E-state index in [1.54, 1.807) is 0 Å². The molecule has 1 atom stereocenters. The highest BCUT2D eigenvalue weighted by Crippen LogP contribution is 2.14.